The molecule has 0 unspecified atom stereocenters. The van der Waals surface area contributed by atoms with E-state index in [0.29, 0.717) is 0 Å². The standard InChI is InChI=1S/C10H9BrClNO4/c1-2-17-10(14)7-3-6(12)4-9(13(15)16)8(7)5-11/h3-4H,2,5H2,1H3. The lowest BCUT2D eigenvalue weighted by molar-refractivity contribution is -0.385. The Bertz CT molecular complexity index is 464. The Morgan fingerprint density at radius 3 is 2.71 bits per heavy atom. The lowest BCUT2D eigenvalue weighted by Crippen LogP contribution is -2.09. The summed E-state index contributed by atoms with van der Waals surface area (Å²) in [5.74, 6) is -0.618. The molecule has 0 spiro atoms. The van der Waals surface area contributed by atoms with Gasteiger partial charge in [-0.1, -0.05) is 27.5 Å². The van der Waals surface area contributed by atoms with Gasteiger partial charge < -0.3 is 4.74 Å². The van der Waals surface area contributed by atoms with Crippen molar-refractivity contribution < 1.29 is 14.5 Å². The predicted molar refractivity (Wildman–Crippen MR) is 66.7 cm³/mol. The number of nitro groups is 1. The van der Waals surface area contributed by atoms with Gasteiger partial charge >= 0.3 is 5.97 Å². The van der Waals surface area contributed by atoms with E-state index in [1.54, 1.807) is 6.92 Å². The molecular formula is C10H9BrClNO4. The molecule has 0 N–H and O–H groups in total. The normalized spacial score (nSPS) is 10.1. The summed E-state index contributed by atoms with van der Waals surface area (Å²) >= 11 is 8.86. The van der Waals surface area contributed by atoms with Crippen LogP contribution in [0.4, 0.5) is 5.69 Å². The van der Waals surface area contributed by atoms with Crippen molar-refractivity contribution in [3.8, 4) is 0 Å². The van der Waals surface area contributed by atoms with Crippen molar-refractivity contribution in [2.75, 3.05) is 6.61 Å². The van der Waals surface area contributed by atoms with E-state index in [2.05, 4.69) is 15.9 Å². The molecule has 0 aliphatic rings. The van der Waals surface area contributed by atoms with Crippen molar-refractivity contribution in [3.63, 3.8) is 0 Å². The zero-order valence-corrected chi connectivity index (χ0v) is 11.2. The molecule has 0 bridgehead atoms. The molecule has 0 saturated heterocycles. The van der Waals surface area contributed by atoms with Crippen LogP contribution in [-0.2, 0) is 10.1 Å². The largest absolute Gasteiger partial charge is 0.462 e. The summed E-state index contributed by atoms with van der Waals surface area (Å²) in [5, 5.41) is 11.1. The second-order valence-electron chi connectivity index (χ2n) is 3.06. The third-order valence-electron chi connectivity index (χ3n) is 2.02. The number of carbonyl (C=O) groups excluding carboxylic acids is 1. The number of benzene rings is 1. The van der Waals surface area contributed by atoms with Crippen LogP contribution in [0.5, 0.6) is 0 Å². The smallest absolute Gasteiger partial charge is 0.338 e. The molecule has 92 valence electrons. The third kappa shape index (κ3) is 3.17. The van der Waals surface area contributed by atoms with Gasteiger partial charge in [0.25, 0.3) is 5.69 Å². The summed E-state index contributed by atoms with van der Waals surface area (Å²) in [6, 6.07) is 2.57. The zero-order valence-electron chi connectivity index (χ0n) is 8.91. The SMILES string of the molecule is CCOC(=O)c1cc(Cl)cc([N+](=O)[O-])c1CBr. The maximum Gasteiger partial charge on any atom is 0.338 e. The minimum Gasteiger partial charge on any atom is -0.462 e. The van der Waals surface area contributed by atoms with Crippen LogP contribution in [0.2, 0.25) is 5.02 Å². The molecule has 1 aromatic carbocycles. The van der Waals surface area contributed by atoms with Crippen LogP contribution in [0.15, 0.2) is 12.1 Å². The molecule has 7 heteroatoms. The second-order valence-corrected chi connectivity index (χ2v) is 4.06. The summed E-state index contributed by atoms with van der Waals surface area (Å²) in [6.07, 6.45) is 0. The van der Waals surface area contributed by atoms with Crippen LogP contribution in [0.1, 0.15) is 22.8 Å². The topological polar surface area (TPSA) is 69.4 Å². The maximum atomic E-state index is 11.6. The van der Waals surface area contributed by atoms with Gasteiger partial charge in [0, 0.05) is 16.4 Å². The number of hydrogen-bond acceptors (Lipinski definition) is 4. The van der Waals surface area contributed by atoms with Gasteiger partial charge in [-0.25, -0.2) is 4.79 Å². The summed E-state index contributed by atoms with van der Waals surface area (Å²) in [7, 11) is 0. The highest BCUT2D eigenvalue weighted by molar-refractivity contribution is 9.08. The fourth-order valence-electron chi connectivity index (χ4n) is 1.32. The number of rotatable bonds is 4. The Hall–Kier alpha value is -1.14. The van der Waals surface area contributed by atoms with E-state index in [1.165, 1.54) is 12.1 Å². The number of ether oxygens (including phenoxy) is 1. The Morgan fingerprint density at radius 1 is 1.59 bits per heavy atom. The van der Waals surface area contributed by atoms with Gasteiger partial charge in [0.15, 0.2) is 0 Å². The molecule has 0 radical (unpaired) electrons. The Morgan fingerprint density at radius 2 is 2.24 bits per heavy atom. The van der Waals surface area contributed by atoms with Crippen molar-refractivity contribution in [2.45, 2.75) is 12.3 Å². The highest BCUT2D eigenvalue weighted by Gasteiger charge is 2.23. The molecule has 0 heterocycles. The van der Waals surface area contributed by atoms with E-state index >= 15 is 0 Å². The molecule has 0 aliphatic heterocycles. The first-order chi connectivity index (χ1) is 8.01. The van der Waals surface area contributed by atoms with Crippen molar-refractivity contribution in [2.24, 2.45) is 0 Å². The molecular weight excluding hydrogens is 313 g/mol. The average molecular weight is 323 g/mol. The summed E-state index contributed by atoms with van der Waals surface area (Å²) in [5.41, 5.74) is 0.179. The van der Waals surface area contributed by atoms with Gasteiger partial charge in [-0.15, -0.1) is 0 Å². The zero-order chi connectivity index (χ0) is 13.0. The average Bonchev–Trinajstić information content (AvgIpc) is 2.28. The first kappa shape index (κ1) is 13.9. The van der Waals surface area contributed by atoms with E-state index in [-0.39, 0.29) is 33.8 Å². The molecule has 17 heavy (non-hydrogen) atoms. The summed E-state index contributed by atoms with van der Waals surface area (Å²) in [4.78, 5) is 21.9. The van der Waals surface area contributed by atoms with Gasteiger partial charge in [0.1, 0.15) is 0 Å². The maximum absolute atomic E-state index is 11.6. The number of halogens is 2. The Kier molecular flexibility index (Phi) is 4.89. The van der Waals surface area contributed by atoms with E-state index in [9.17, 15) is 14.9 Å². The number of nitrogens with zero attached hydrogens (tertiary/aromatic N) is 1. The van der Waals surface area contributed by atoms with Crippen LogP contribution in [0.3, 0.4) is 0 Å². The molecule has 0 amide bonds. The Balaban J connectivity index is 3.37. The molecule has 0 aliphatic carbocycles. The quantitative estimate of drug-likeness (QED) is 0.369. The van der Waals surface area contributed by atoms with E-state index in [0.717, 1.165) is 0 Å². The second kappa shape index (κ2) is 5.97. The number of nitro benzene ring substituents is 1. The number of alkyl halides is 1. The molecule has 1 aromatic rings. The number of hydrogen-bond donors (Lipinski definition) is 0. The summed E-state index contributed by atoms with van der Waals surface area (Å²) < 4.78 is 4.82. The van der Waals surface area contributed by atoms with Crippen molar-refractivity contribution in [1.29, 1.82) is 0 Å². The van der Waals surface area contributed by atoms with Crippen LogP contribution in [0.25, 0.3) is 0 Å². The van der Waals surface area contributed by atoms with Crippen molar-refractivity contribution >= 4 is 39.2 Å². The van der Waals surface area contributed by atoms with E-state index < -0.39 is 10.9 Å². The molecule has 0 saturated carbocycles. The fourth-order valence-corrected chi connectivity index (χ4v) is 2.12. The lowest BCUT2D eigenvalue weighted by atomic mass is 10.1. The van der Waals surface area contributed by atoms with Crippen molar-refractivity contribution in [1.82, 2.24) is 0 Å². The van der Waals surface area contributed by atoms with Gasteiger partial charge in [-0.3, -0.25) is 10.1 Å². The predicted octanol–water partition coefficient (Wildman–Crippen LogP) is 3.32. The first-order valence-corrected chi connectivity index (χ1v) is 6.21. The number of carbonyl (C=O) groups is 1. The molecule has 0 aromatic heterocycles. The van der Waals surface area contributed by atoms with Crippen LogP contribution < -0.4 is 0 Å². The van der Waals surface area contributed by atoms with Crippen LogP contribution >= 0.6 is 27.5 Å². The Labute approximate surface area is 111 Å². The molecule has 1 rings (SSSR count). The van der Waals surface area contributed by atoms with Gasteiger partial charge in [-0.05, 0) is 13.0 Å². The van der Waals surface area contributed by atoms with Gasteiger partial charge in [0.2, 0.25) is 0 Å². The van der Waals surface area contributed by atoms with Crippen molar-refractivity contribution in [3.05, 3.63) is 38.4 Å². The molecule has 5 nitrogen and oxygen atoms in total. The minimum atomic E-state index is -0.618. The van der Waals surface area contributed by atoms with Crippen LogP contribution in [-0.4, -0.2) is 17.5 Å². The molecule has 0 atom stereocenters. The third-order valence-corrected chi connectivity index (χ3v) is 2.80. The highest BCUT2D eigenvalue weighted by atomic mass is 79.9. The minimum absolute atomic E-state index is 0.114. The van der Waals surface area contributed by atoms with Crippen LogP contribution in [0, 0.1) is 10.1 Å². The van der Waals surface area contributed by atoms with Gasteiger partial charge in [0.05, 0.1) is 22.7 Å². The van der Waals surface area contributed by atoms with E-state index in [4.69, 9.17) is 16.3 Å². The fraction of sp³-hybridized carbons (Fsp3) is 0.300. The lowest BCUT2D eigenvalue weighted by Gasteiger charge is -2.07. The van der Waals surface area contributed by atoms with E-state index in [1.807, 2.05) is 0 Å². The molecule has 0 fully saturated rings. The monoisotopic (exact) mass is 321 g/mol. The van der Waals surface area contributed by atoms with Gasteiger partial charge in [-0.2, -0.15) is 0 Å². The number of esters is 1. The highest BCUT2D eigenvalue weighted by Crippen LogP contribution is 2.29. The first-order valence-electron chi connectivity index (χ1n) is 4.71. The summed E-state index contributed by atoms with van der Waals surface area (Å²) in [6.45, 7) is 1.85.